The van der Waals surface area contributed by atoms with Gasteiger partial charge in [0, 0.05) is 6.42 Å². The second kappa shape index (κ2) is 48.8. The Balaban J connectivity index is 1.46. The zero-order chi connectivity index (χ0) is 61.9. The number of ether oxygens (including phenoxy) is 6. The van der Waals surface area contributed by atoms with Crippen LogP contribution in [0.5, 0.6) is 0 Å². The van der Waals surface area contributed by atoms with Crippen molar-refractivity contribution in [2.24, 2.45) is 0 Å². The van der Waals surface area contributed by atoms with Gasteiger partial charge in [0.25, 0.3) is 0 Å². The van der Waals surface area contributed by atoms with Crippen molar-refractivity contribution in [2.45, 2.75) is 349 Å². The molecule has 3 aliphatic rings. The van der Waals surface area contributed by atoms with E-state index in [1.165, 1.54) is 173 Å². The van der Waals surface area contributed by atoms with E-state index in [-0.39, 0.29) is 18.9 Å². The number of aliphatic hydroxyl groups excluding tert-OH is 11. The summed E-state index contributed by atoms with van der Waals surface area (Å²) in [5.41, 5.74) is 0. The van der Waals surface area contributed by atoms with Gasteiger partial charge in [-0.2, -0.15) is 0 Å². The fraction of sp³-hybridized carbons (Fsp3) is 0.894. The lowest BCUT2D eigenvalue weighted by atomic mass is 9.96. The van der Waals surface area contributed by atoms with E-state index in [1.54, 1.807) is 6.08 Å². The van der Waals surface area contributed by atoms with Crippen LogP contribution < -0.4 is 5.32 Å². The minimum atomic E-state index is -1.98. The normalized spacial score (nSPS) is 29.2. The zero-order valence-corrected chi connectivity index (χ0v) is 52.3. The SMILES string of the molecule is CCCCCCCCCC/C=C\CCCCCCCCCCCCCC(=O)NC(COC1OC(CO)C(OC2OC(CO)C(OC3OC(CO)C(O)C(O)C3O)C(O)C2O)C(O)C1O)C(O)/C=C/CC/C=C/CCCCCCCCCCCCC. The van der Waals surface area contributed by atoms with Gasteiger partial charge in [-0.05, 0) is 57.8 Å². The molecule has 3 saturated heterocycles. The minimum absolute atomic E-state index is 0.236. The molecular weight excluding hydrogens is 1090 g/mol. The van der Waals surface area contributed by atoms with Gasteiger partial charge < -0.3 is 89.9 Å². The molecule has 0 aromatic rings. The van der Waals surface area contributed by atoms with Crippen LogP contribution in [0.3, 0.4) is 0 Å². The fourth-order valence-electron chi connectivity index (χ4n) is 11.4. The minimum Gasteiger partial charge on any atom is -0.394 e. The maximum absolute atomic E-state index is 13.4. The number of aliphatic hydroxyl groups is 11. The van der Waals surface area contributed by atoms with Crippen molar-refractivity contribution in [3.05, 3.63) is 36.5 Å². The summed E-state index contributed by atoms with van der Waals surface area (Å²) in [7, 11) is 0. The van der Waals surface area contributed by atoms with Gasteiger partial charge in [-0.15, -0.1) is 0 Å². The Kier molecular flexibility index (Phi) is 44.4. The fourth-order valence-corrected chi connectivity index (χ4v) is 11.4. The molecule has 0 spiro atoms. The summed E-state index contributed by atoms with van der Waals surface area (Å²) >= 11 is 0. The number of nitrogens with one attached hydrogen (secondary N) is 1. The van der Waals surface area contributed by atoms with E-state index in [0.717, 1.165) is 38.5 Å². The molecule has 0 saturated carbocycles. The third-order valence-electron chi connectivity index (χ3n) is 16.9. The highest BCUT2D eigenvalue weighted by atomic mass is 16.8. The van der Waals surface area contributed by atoms with Gasteiger partial charge in [0.15, 0.2) is 18.9 Å². The zero-order valence-electron chi connectivity index (χ0n) is 52.3. The topological polar surface area (TPSA) is 307 Å². The molecule has 0 bridgehead atoms. The number of amides is 1. The Morgan fingerprint density at radius 3 is 1.18 bits per heavy atom. The molecule has 3 aliphatic heterocycles. The van der Waals surface area contributed by atoms with Crippen LogP contribution >= 0.6 is 0 Å². The van der Waals surface area contributed by atoms with Gasteiger partial charge in [0.1, 0.15) is 73.2 Å². The molecule has 12 N–H and O–H groups in total. The molecule has 3 heterocycles. The van der Waals surface area contributed by atoms with E-state index < -0.39 is 124 Å². The molecular formula is C66H121NO18. The first-order valence-corrected chi connectivity index (χ1v) is 33.7. The lowest BCUT2D eigenvalue weighted by Gasteiger charge is -2.48. The first-order chi connectivity index (χ1) is 41.3. The predicted octanol–water partition coefficient (Wildman–Crippen LogP) is 8.05. The van der Waals surface area contributed by atoms with Gasteiger partial charge in [0.05, 0.1) is 38.6 Å². The maximum Gasteiger partial charge on any atom is 0.220 e. The largest absolute Gasteiger partial charge is 0.394 e. The molecule has 0 radical (unpaired) electrons. The monoisotopic (exact) mass is 1220 g/mol. The van der Waals surface area contributed by atoms with Crippen molar-refractivity contribution < 1.29 is 89.4 Å². The summed E-state index contributed by atoms with van der Waals surface area (Å²) in [4.78, 5) is 13.4. The second-order valence-electron chi connectivity index (χ2n) is 24.3. The van der Waals surface area contributed by atoms with Gasteiger partial charge in [-0.3, -0.25) is 4.79 Å². The summed E-state index contributed by atoms with van der Waals surface area (Å²) in [6.45, 7) is 1.72. The van der Waals surface area contributed by atoms with Gasteiger partial charge in [0.2, 0.25) is 5.91 Å². The average molecular weight is 1220 g/mol. The highest BCUT2D eigenvalue weighted by Gasteiger charge is 2.53. The summed E-state index contributed by atoms with van der Waals surface area (Å²) < 4.78 is 34.3. The molecule has 17 atom stereocenters. The number of hydrogen-bond donors (Lipinski definition) is 12. The van der Waals surface area contributed by atoms with E-state index in [9.17, 15) is 61.0 Å². The number of unbranched alkanes of at least 4 members (excludes halogenated alkanes) is 31. The molecule has 498 valence electrons. The van der Waals surface area contributed by atoms with E-state index in [1.807, 2.05) is 6.08 Å². The van der Waals surface area contributed by atoms with Crippen LogP contribution in [-0.4, -0.2) is 193 Å². The molecule has 85 heavy (non-hydrogen) atoms. The van der Waals surface area contributed by atoms with Crippen molar-refractivity contribution in [3.8, 4) is 0 Å². The Labute approximate surface area is 511 Å². The molecule has 3 rings (SSSR count). The Bertz CT molecular complexity index is 1690. The molecule has 17 unspecified atom stereocenters. The second-order valence-corrected chi connectivity index (χ2v) is 24.3. The van der Waals surface area contributed by atoms with Crippen LogP contribution in [-0.2, 0) is 33.2 Å². The lowest BCUT2D eigenvalue weighted by molar-refractivity contribution is -0.379. The Morgan fingerprint density at radius 1 is 0.412 bits per heavy atom. The molecule has 19 heteroatoms. The van der Waals surface area contributed by atoms with Gasteiger partial charge in [-0.1, -0.05) is 217 Å². The molecule has 3 fully saturated rings. The summed E-state index contributed by atoms with van der Waals surface area (Å²) in [5, 5.41) is 120. The lowest BCUT2D eigenvalue weighted by Crippen LogP contribution is -2.66. The van der Waals surface area contributed by atoms with Crippen LogP contribution in [0.1, 0.15) is 245 Å². The first-order valence-electron chi connectivity index (χ1n) is 33.7. The summed E-state index contributed by atoms with van der Waals surface area (Å²) in [6, 6.07) is -0.989. The van der Waals surface area contributed by atoms with E-state index in [0.29, 0.717) is 12.8 Å². The third-order valence-corrected chi connectivity index (χ3v) is 16.9. The van der Waals surface area contributed by atoms with E-state index in [4.69, 9.17) is 28.4 Å². The number of allylic oxidation sites excluding steroid dienone is 5. The smallest absolute Gasteiger partial charge is 0.220 e. The number of carbonyl (C=O) groups excluding carboxylic acids is 1. The molecule has 0 aromatic heterocycles. The van der Waals surface area contributed by atoms with Crippen molar-refractivity contribution in [3.63, 3.8) is 0 Å². The standard InChI is InChI=1S/C66H121NO18/c1-3-5-7-9-11-13-15-17-19-21-22-23-24-25-26-28-30-32-34-36-38-40-42-44-54(72)67-49(50(71)43-41-39-37-35-33-31-29-27-20-18-16-14-12-10-8-6-4-2)48-80-64-60(78)57(75)62(52(46-69)82-64)85-66-61(79)58(76)63(53(47-70)83-66)84-65-59(77)56(74)55(73)51(45-68)81-65/h21-22,33,35,41,43,49-53,55-66,68-71,73-79H,3-20,23-32,34,36-40,42,44-48H2,1-2H3,(H,67,72)/b22-21-,35-33+,43-41+. The number of carbonyl (C=O) groups is 1. The quantitative estimate of drug-likeness (QED) is 0.0202. The Morgan fingerprint density at radius 2 is 0.753 bits per heavy atom. The van der Waals surface area contributed by atoms with Crippen LogP contribution in [0.15, 0.2) is 36.5 Å². The van der Waals surface area contributed by atoms with Crippen molar-refractivity contribution in [2.75, 3.05) is 26.4 Å². The van der Waals surface area contributed by atoms with Gasteiger partial charge >= 0.3 is 0 Å². The number of hydrogen-bond acceptors (Lipinski definition) is 18. The first kappa shape index (κ1) is 77.3. The molecule has 0 aromatic carbocycles. The van der Waals surface area contributed by atoms with E-state index >= 15 is 0 Å². The third kappa shape index (κ3) is 31.5. The van der Waals surface area contributed by atoms with Crippen LogP contribution in [0.2, 0.25) is 0 Å². The number of rotatable bonds is 51. The summed E-state index contributed by atoms with van der Waals surface area (Å²) in [5.74, 6) is -0.285. The maximum atomic E-state index is 13.4. The summed E-state index contributed by atoms with van der Waals surface area (Å²) in [6.07, 6.45) is 28.4. The van der Waals surface area contributed by atoms with Crippen LogP contribution in [0.4, 0.5) is 0 Å². The highest BCUT2D eigenvalue weighted by molar-refractivity contribution is 5.76. The molecule has 19 nitrogen and oxygen atoms in total. The molecule has 0 aliphatic carbocycles. The van der Waals surface area contributed by atoms with Crippen molar-refractivity contribution in [1.29, 1.82) is 0 Å². The van der Waals surface area contributed by atoms with Crippen LogP contribution in [0, 0.1) is 0 Å². The van der Waals surface area contributed by atoms with Crippen molar-refractivity contribution in [1.82, 2.24) is 5.32 Å². The predicted molar refractivity (Wildman–Crippen MR) is 328 cm³/mol. The van der Waals surface area contributed by atoms with Gasteiger partial charge in [-0.25, -0.2) is 0 Å². The van der Waals surface area contributed by atoms with Crippen molar-refractivity contribution >= 4 is 5.91 Å². The van der Waals surface area contributed by atoms with E-state index in [2.05, 4.69) is 43.5 Å². The average Bonchev–Trinajstić information content (AvgIpc) is 3.64. The molecule has 1 amide bonds. The van der Waals surface area contributed by atoms with Crippen LogP contribution in [0.25, 0.3) is 0 Å². The highest BCUT2D eigenvalue weighted by Crippen LogP contribution is 2.33. The Hall–Kier alpha value is -1.99.